The Hall–Kier alpha value is -3.79. The van der Waals surface area contributed by atoms with E-state index in [1.165, 1.54) is 22.8 Å². The zero-order chi connectivity index (χ0) is 26.6. The number of ketones is 1. The fraction of sp³-hybridized carbons (Fsp3) is 0.240. The van der Waals surface area contributed by atoms with Crippen molar-refractivity contribution in [2.45, 2.75) is 32.5 Å². The second kappa shape index (κ2) is 10.9. The van der Waals surface area contributed by atoms with Gasteiger partial charge in [-0.25, -0.2) is 4.79 Å². The largest absolute Gasteiger partial charge is 0.457 e. The number of nitrogens with zero attached hydrogens (tertiary/aromatic N) is 1. The zero-order valence-electron chi connectivity index (χ0n) is 19.4. The van der Waals surface area contributed by atoms with Gasteiger partial charge in [0.2, 0.25) is 5.78 Å². The van der Waals surface area contributed by atoms with Gasteiger partial charge in [-0.15, -0.1) is 0 Å². The predicted octanol–water partition coefficient (Wildman–Crippen LogP) is 5.29. The maximum atomic E-state index is 13.1. The summed E-state index contributed by atoms with van der Waals surface area (Å²) in [5.74, 6) is -1.29. The highest BCUT2D eigenvalue weighted by atomic mass is 35.5. The van der Waals surface area contributed by atoms with Crippen LogP contribution in [0.4, 0.5) is 18.0 Å². The molecular weight excluding hydrogens is 499 g/mol. The maximum absolute atomic E-state index is 13.1. The molecule has 1 aromatic heterocycles. The van der Waals surface area contributed by atoms with Gasteiger partial charge in [-0.3, -0.25) is 9.59 Å². The number of alkyl halides is 3. The van der Waals surface area contributed by atoms with Crippen molar-refractivity contribution in [3.63, 3.8) is 0 Å². The first-order valence-electron chi connectivity index (χ1n) is 10.7. The minimum Gasteiger partial charge on any atom is -0.457 e. The van der Waals surface area contributed by atoms with Crippen molar-refractivity contribution < 1.29 is 32.3 Å². The van der Waals surface area contributed by atoms with E-state index in [-0.39, 0.29) is 17.7 Å². The predicted molar refractivity (Wildman–Crippen MR) is 127 cm³/mol. The minimum atomic E-state index is -4.51. The maximum Gasteiger partial charge on any atom is 0.416 e. The number of aromatic nitrogens is 1. The number of esters is 1. The summed E-state index contributed by atoms with van der Waals surface area (Å²) in [4.78, 5) is 36.6. The van der Waals surface area contributed by atoms with Crippen LogP contribution < -0.4 is 11.1 Å². The van der Waals surface area contributed by atoms with Crippen molar-refractivity contribution in [1.82, 2.24) is 9.88 Å². The lowest BCUT2D eigenvalue weighted by Gasteiger charge is -2.17. The average molecular weight is 522 g/mol. The number of rotatable bonds is 8. The Labute approximate surface area is 210 Å². The number of hydrogen-bond donors (Lipinski definition) is 2. The molecule has 0 spiro atoms. The van der Waals surface area contributed by atoms with E-state index in [0.29, 0.717) is 22.0 Å². The number of carbonyl (C=O) groups is 3. The van der Waals surface area contributed by atoms with E-state index in [1.807, 2.05) is 0 Å². The standard InChI is InChI=1S/C25H23ClF3N3O4/c1-14-10-20(15(2)32(14)19-5-3-4-17(11-19)25(27,28)29)22(33)13-36-23(34)12-21(31-24(30)35)16-6-8-18(26)9-7-16/h3-11,21H,12-13H2,1-2H3,(H3,30,31,35)/t21-/m1/s1. The smallest absolute Gasteiger partial charge is 0.416 e. The molecule has 36 heavy (non-hydrogen) atoms. The van der Waals surface area contributed by atoms with Gasteiger partial charge in [0.05, 0.1) is 18.0 Å². The SMILES string of the molecule is Cc1cc(C(=O)COC(=O)C[C@@H](NC(N)=O)c2ccc(Cl)cc2)c(C)n1-c1cccc(C(F)(F)F)c1. The van der Waals surface area contributed by atoms with Crippen LogP contribution >= 0.6 is 11.6 Å². The van der Waals surface area contributed by atoms with E-state index in [4.69, 9.17) is 22.1 Å². The Bertz CT molecular complexity index is 1290. The molecule has 1 heterocycles. The van der Waals surface area contributed by atoms with Gasteiger partial charge < -0.3 is 20.4 Å². The Morgan fingerprint density at radius 1 is 1.08 bits per heavy atom. The molecule has 0 fully saturated rings. The molecule has 11 heteroatoms. The van der Waals surface area contributed by atoms with Crippen molar-refractivity contribution in [2.24, 2.45) is 5.73 Å². The number of nitrogens with one attached hydrogen (secondary N) is 1. The number of Topliss-reactive ketones (excluding diaryl/α,β-unsaturated/α-hetero) is 1. The Morgan fingerprint density at radius 2 is 1.75 bits per heavy atom. The monoisotopic (exact) mass is 521 g/mol. The average Bonchev–Trinajstić information content (AvgIpc) is 3.10. The molecule has 0 radical (unpaired) electrons. The van der Waals surface area contributed by atoms with Crippen LogP contribution in [0.3, 0.4) is 0 Å². The highest BCUT2D eigenvalue weighted by molar-refractivity contribution is 6.30. The number of ether oxygens (including phenoxy) is 1. The third kappa shape index (κ3) is 6.45. The van der Waals surface area contributed by atoms with Gasteiger partial charge >= 0.3 is 18.2 Å². The molecule has 3 aromatic rings. The van der Waals surface area contributed by atoms with Crippen LogP contribution in [0.25, 0.3) is 5.69 Å². The van der Waals surface area contributed by atoms with Gasteiger partial charge in [-0.2, -0.15) is 13.2 Å². The van der Waals surface area contributed by atoms with Crippen molar-refractivity contribution in [2.75, 3.05) is 6.61 Å². The second-order valence-corrected chi connectivity index (χ2v) is 8.51. The van der Waals surface area contributed by atoms with E-state index in [0.717, 1.165) is 12.1 Å². The van der Waals surface area contributed by atoms with Crippen molar-refractivity contribution in [3.8, 4) is 5.69 Å². The molecular formula is C25H23ClF3N3O4. The van der Waals surface area contributed by atoms with Crippen molar-refractivity contribution in [1.29, 1.82) is 0 Å². The number of amides is 2. The van der Waals surface area contributed by atoms with Gasteiger partial charge in [0.1, 0.15) is 0 Å². The summed E-state index contributed by atoms with van der Waals surface area (Å²) in [6, 6.07) is 11.0. The molecule has 0 unspecified atom stereocenters. The van der Waals surface area contributed by atoms with E-state index in [2.05, 4.69) is 5.32 Å². The number of carbonyl (C=O) groups excluding carboxylic acids is 3. The van der Waals surface area contributed by atoms with Crippen LogP contribution in [0.1, 0.15) is 45.3 Å². The van der Waals surface area contributed by atoms with Crippen LogP contribution in [0.15, 0.2) is 54.6 Å². The van der Waals surface area contributed by atoms with Crippen LogP contribution in [0, 0.1) is 13.8 Å². The first-order chi connectivity index (χ1) is 16.9. The summed E-state index contributed by atoms with van der Waals surface area (Å²) in [5.41, 5.74) is 6.35. The number of benzene rings is 2. The molecule has 0 saturated heterocycles. The lowest BCUT2D eigenvalue weighted by atomic mass is 10.0. The third-order valence-corrected chi connectivity index (χ3v) is 5.74. The second-order valence-electron chi connectivity index (χ2n) is 8.07. The van der Waals surface area contributed by atoms with Gasteiger partial charge in [0, 0.05) is 27.7 Å². The molecule has 0 aliphatic heterocycles. The molecule has 2 amide bonds. The van der Waals surface area contributed by atoms with Crippen molar-refractivity contribution in [3.05, 3.63) is 87.7 Å². The molecule has 190 valence electrons. The van der Waals surface area contributed by atoms with Gasteiger partial charge in [0.15, 0.2) is 6.61 Å². The third-order valence-electron chi connectivity index (χ3n) is 5.49. The summed E-state index contributed by atoms with van der Waals surface area (Å²) in [6.07, 6.45) is -4.80. The Balaban J connectivity index is 1.72. The van der Waals surface area contributed by atoms with E-state index in [9.17, 15) is 27.6 Å². The zero-order valence-corrected chi connectivity index (χ0v) is 20.1. The Kier molecular flexibility index (Phi) is 8.09. The quantitative estimate of drug-likeness (QED) is 0.310. The van der Waals surface area contributed by atoms with Crippen LogP contribution in [-0.4, -0.2) is 29.0 Å². The fourth-order valence-corrected chi connectivity index (χ4v) is 3.96. The topological polar surface area (TPSA) is 103 Å². The highest BCUT2D eigenvalue weighted by Gasteiger charge is 2.31. The molecule has 1 atom stereocenters. The highest BCUT2D eigenvalue weighted by Crippen LogP contribution is 2.31. The number of primary amides is 1. The first-order valence-corrected chi connectivity index (χ1v) is 11.1. The number of nitrogens with two attached hydrogens (primary N) is 1. The van der Waals surface area contributed by atoms with E-state index >= 15 is 0 Å². The number of hydrogen-bond acceptors (Lipinski definition) is 4. The lowest BCUT2D eigenvalue weighted by Crippen LogP contribution is -2.34. The first kappa shape index (κ1) is 26.8. The fourth-order valence-electron chi connectivity index (χ4n) is 3.83. The molecule has 0 aliphatic rings. The summed E-state index contributed by atoms with van der Waals surface area (Å²) in [6.45, 7) is 2.66. The molecule has 0 aliphatic carbocycles. The molecule has 2 aromatic carbocycles. The lowest BCUT2D eigenvalue weighted by molar-refractivity contribution is -0.143. The van der Waals surface area contributed by atoms with E-state index < -0.39 is 42.2 Å². The summed E-state index contributed by atoms with van der Waals surface area (Å²) in [5, 5.41) is 2.91. The summed E-state index contributed by atoms with van der Waals surface area (Å²) < 4.78 is 46.0. The normalized spacial score (nSPS) is 12.2. The Morgan fingerprint density at radius 3 is 2.36 bits per heavy atom. The van der Waals surface area contributed by atoms with Crippen molar-refractivity contribution >= 4 is 29.4 Å². The van der Waals surface area contributed by atoms with Crippen LogP contribution in [0.2, 0.25) is 5.02 Å². The van der Waals surface area contributed by atoms with Crippen LogP contribution in [0.5, 0.6) is 0 Å². The number of halogens is 4. The van der Waals surface area contributed by atoms with Gasteiger partial charge in [-0.1, -0.05) is 29.8 Å². The summed E-state index contributed by atoms with van der Waals surface area (Å²) >= 11 is 5.87. The summed E-state index contributed by atoms with van der Waals surface area (Å²) in [7, 11) is 0. The van der Waals surface area contributed by atoms with Crippen LogP contribution in [-0.2, 0) is 15.7 Å². The minimum absolute atomic E-state index is 0.210. The molecule has 0 bridgehead atoms. The van der Waals surface area contributed by atoms with Gasteiger partial charge in [0.25, 0.3) is 0 Å². The van der Waals surface area contributed by atoms with E-state index in [1.54, 1.807) is 38.1 Å². The number of aryl methyl sites for hydroxylation is 1. The molecule has 3 rings (SSSR count). The molecule has 3 N–H and O–H groups in total. The van der Waals surface area contributed by atoms with Gasteiger partial charge in [-0.05, 0) is 55.8 Å². The number of urea groups is 1. The molecule has 7 nitrogen and oxygen atoms in total. The molecule has 0 saturated carbocycles.